The lowest BCUT2D eigenvalue weighted by Crippen LogP contribution is -2.48. The van der Waals surface area contributed by atoms with E-state index in [2.05, 4.69) is 5.32 Å². The van der Waals surface area contributed by atoms with Gasteiger partial charge in [0.2, 0.25) is 0 Å². The van der Waals surface area contributed by atoms with E-state index in [1.165, 1.54) is 0 Å². The molecule has 2 heterocycles. The summed E-state index contributed by atoms with van der Waals surface area (Å²) in [5, 5.41) is 3.46. The van der Waals surface area contributed by atoms with E-state index in [1.807, 2.05) is 12.1 Å². The molecule has 0 aliphatic carbocycles. The molecule has 2 saturated heterocycles. The molecule has 0 radical (unpaired) electrons. The summed E-state index contributed by atoms with van der Waals surface area (Å²) in [6.07, 6.45) is 0.492. The monoisotopic (exact) mass is 280 g/mol. The molecule has 2 aliphatic rings. The molecule has 3 rings (SSSR count). The zero-order valence-electron chi connectivity index (χ0n) is 10.1. The quantitative estimate of drug-likeness (QED) is 0.836. The fraction of sp³-hybridized carbons (Fsp3) is 0.385. The Labute approximate surface area is 115 Å². The van der Waals surface area contributed by atoms with Crippen LogP contribution in [0, 0.1) is 0 Å². The van der Waals surface area contributed by atoms with Crippen LogP contribution in [0.2, 0.25) is 5.02 Å². The number of fused-ring (bicyclic) bond motifs is 2. The van der Waals surface area contributed by atoms with Crippen LogP contribution in [0.15, 0.2) is 24.3 Å². The van der Waals surface area contributed by atoms with E-state index in [9.17, 15) is 9.59 Å². The largest absolute Gasteiger partial charge is 0.459 e. The number of morpholine rings is 1. The zero-order chi connectivity index (χ0) is 13.4. The van der Waals surface area contributed by atoms with Gasteiger partial charge in [0, 0.05) is 18.0 Å². The lowest BCUT2D eigenvalue weighted by atomic mass is 10.2. The van der Waals surface area contributed by atoms with Gasteiger partial charge in [0.05, 0.1) is 6.54 Å². The number of nitrogens with one attached hydrogen (secondary N) is 1. The van der Waals surface area contributed by atoms with Crippen molar-refractivity contribution < 1.29 is 14.3 Å². The Bertz CT molecular complexity index is 517. The third-order valence-electron chi connectivity index (χ3n) is 3.44. The van der Waals surface area contributed by atoms with Crippen LogP contribution < -0.4 is 5.32 Å². The molecule has 1 aromatic carbocycles. The molecule has 2 aliphatic heterocycles. The second kappa shape index (κ2) is 4.74. The van der Waals surface area contributed by atoms with Crippen molar-refractivity contribution in [2.45, 2.75) is 25.1 Å². The standard InChI is InChI=1S/C13H13ClN2O3/c14-9-3-1-8(2-4-9)6-15-13(18)16-7-10-5-11(16)12(17)19-10/h1-4,10-11H,5-7H2,(H,15,18)/t10-,11+/m0/s1. The summed E-state index contributed by atoms with van der Waals surface area (Å²) < 4.78 is 5.04. The first-order valence-corrected chi connectivity index (χ1v) is 6.50. The minimum atomic E-state index is -0.407. The van der Waals surface area contributed by atoms with Crippen molar-refractivity contribution >= 4 is 23.6 Å². The molecular weight excluding hydrogens is 268 g/mol. The number of likely N-dealkylation sites (tertiary alicyclic amines) is 1. The van der Waals surface area contributed by atoms with Crippen molar-refractivity contribution in [1.82, 2.24) is 10.2 Å². The van der Waals surface area contributed by atoms with Crippen LogP contribution in [0.1, 0.15) is 12.0 Å². The molecule has 0 unspecified atom stereocenters. The lowest BCUT2D eigenvalue weighted by molar-refractivity contribution is -0.149. The van der Waals surface area contributed by atoms with Gasteiger partial charge in [-0.05, 0) is 17.7 Å². The Hall–Kier alpha value is -1.75. The van der Waals surface area contributed by atoms with E-state index in [4.69, 9.17) is 16.3 Å². The lowest BCUT2D eigenvalue weighted by Gasteiger charge is -2.25. The fourth-order valence-electron chi connectivity index (χ4n) is 2.45. The highest BCUT2D eigenvalue weighted by Gasteiger charge is 2.48. The van der Waals surface area contributed by atoms with Crippen molar-refractivity contribution in [3.8, 4) is 0 Å². The predicted molar refractivity (Wildman–Crippen MR) is 68.7 cm³/mol. The van der Waals surface area contributed by atoms with Crippen LogP contribution in [0.25, 0.3) is 0 Å². The maximum atomic E-state index is 12.0. The van der Waals surface area contributed by atoms with Crippen molar-refractivity contribution in [1.29, 1.82) is 0 Å². The third-order valence-corrected chi connectivity index (χ3v) is 3.69. The number of carbonyl (C=O) groups excluding carboxylic acids is 2. The van der Waals surface area contributed by atoms with Gasteiger partial charge in [-0.1, -0.05) is 23.7 Å². The minimum absolute atomic E-state index is 0.126. The molecule has 2 fully saturated rings. The molecule has 1 N–H and O–H groups in total. The smallest absolute Gasteiger partial charge is 0.329 e. The number of hydrogen-bond donors (Lipinski definition) is 1. The Morgan fingerprint density at radius 1 is 1.42 bits per heavy atom. The number of urea groups is 1. The summed E-state index contributed by atoms with van der Waals surface area (Å²) in [4.78, 5) is 25.0. The molecule has 0 spiro atoms. The van der Waals surface area contributed by atoms with Crippen LogP contribution in [0.4, 0.5) is 4.79 Å². The second-order valence-corrected chi connectivity index (χ2v) is 5.18. The maximum Gasteiger partial charge on any atom is 0.329 e. The number of carbonyl (C=O) groups is 2. The summed E-state index contributed by atoms with van der Waals surface area (Å²) in [6.45, 7) is 0.905. The summed E-state index contributed by atoms with van der Waals surface area (Å²) >= 11 is 5.79. The third kappa shape index (κ3) is 2.38. The Kier molecular flexibility index (Phi) is 3.06. The number of ether oxygens (including phenoxy) is 1. The van der Waals surface area contributed by atoms with E-state index < -0.39 is 6.04 Å². The van der Waals surface area contributed by atoms with E-state index >= 15 is 0 Å². The average molecular weight is 281 g/mol. The molecule has 0 aromatic heterocycles. The molecule has 2 bridgehead atoms. The van der Waals surface area contributed by atoms with Gasteiger partial charge in [-0.25, -0.2) is 9.59 Å². The Balaban J connectivity index is 1.57. The summed E-state index contributed by atoms with van der Waals surface area (Å²) in [5.74, 6) is -0.294. The van der Waals surface area contributed by atoms with Gasteiger partial charge in [0.15, 0.2) is 0 Å². The Morgan fingerprint density at radius 2 is 2.16 bits per heavy atom. The van der Waals surface area contributed by atoms with Gasteiger partial charge in [0.1, 0.15) is 12.1 Å². The molecule has 1 aromatic rings. The molecule has 2 atom stereocenters. The molecule has 5 nitrogen and oxygen atoms in total. The van der Waals surface area contributed by atoms with E-state index in [0.717, 1.165) is 5.56 Å². The molecule has 2 amide bonds. The fourth-order valence-corrected chi connectivity index (χ4v) is 2.58. The first-order chi connectivity index (χ1) is 9.13. The van der Waals surface area contributed by atoms with Crippen LogP contribution >= 0.6 is 11.6 Å². The van der Waals surface area contributed by atoms with Gasteiger partial charge in [-0.15, -0.1) is 0 Å². The molecular formula is C13H13ClN2O3. The number of amides is 2. The second-order valence-electron chi connectivity index (χ2n) is 4.75. The van der Waals surface area contributed by atoms with Crippen molar-refractivity contribution in [2.24, 2.45) is 0 Å². The van der Waals surface area contributed by atoms with Crippen LogP contribution in [-0.2, 0) is 16.1 Å². The first-order valence-electron chi connectivity index (χ1n) is 6.13. The van der Waals surface area contributed by atoms with E-state index in [-0.39, 0.29) is 18.1 Å². The highest BCUT2D eigenvalue weighted by atomic mass is 35.5. The zero-order valence-corrected chi connectivity index (χ0v) is 10.9. The number of rotatable bonds is 2. The molecule has 6 heteroatoms. The number of hydrogen-bond acceptors (Lipinski definition) is 3. The molecule has 0 saturated carbocycles. The maximum absolute atomic E-state index is 12.0. The topological polar surface area (TPSA) is 58.6 Å². The SMILES string of the molecule is O=C1O[C@H]2C[C@H]1N(C(=O)NCc1ccc(Cl)cc1)C2. The van der Waals surface area contributed by atoms with Crippen molar-refractivity contribution in [3.63, 3.8) is 0 Å². The summed E-state index contributed by atoms with van der Waals surface area (Å²) in [5.41, 5.74) is 0.963. The van der Waals surface area contributed by atoms with Crippen molar-refractivity contribution in [3.05, 3.63) is 34.9 Å². The van der Waals surface area contributed by atoms with Gasteiger partial charge >= 0.3 is 12.0 Å². The van der Waals surface area contributed by atoms with Crippen LogP contribution in [0.3, 0.4) is 0 Å². The summed E-state index contributed by atoms with van der Waals surface area (Å²) in [6, 6.07) is 6.63. The minimum Gasteiger partial charge on any atom is -0.459 e. The normalized spacial score (nSPS) is 24.5. The van der Waals surface area contributed by atoms with Gasteiger partial charge in [0.25, 0.3) is 0 Å². The van der Waals surface area contributed by atoms with Crippen molar-refractivity contribution in [2.75, 3.05) is 6.54 Å². The van der Waals surface area contributed by atoms with Crippen LogP contribution in [0.5, 0.6) is 0 Å². The predicted octanol–water partition coefficient (Wildman–Crippen LogP) is 1.55. The van der Waals surface area contributed by atoms with Crippen LogP contribution in [-0.4, -0.2) is 35.6 Å². The highest BCUT2D eigenvalue weighted by Crippen LogP contribution is 2.28. The first kappa shape index (κ1) is 12.3. The van der Waals surface area contributed by atoms with Gasteiger partial charge < -0.3 is 15.0 Å². The Morgan fingerprint density at radius 3 is 2.79 bits per heavy atom. The number of nitrogens with zero attached hydrogens (tertiary/aromatic N) is 1. The van der Waals surface area contributed by atoms with Gasteiger partial charge in [-0.3, -0.25) is 0 Å². The highest BCUT2D eigenvalue weighted by molar-refractivity contribution is 6.30. The average Bonchev–Trinajstić information content (AvgIpc) is 2.96. The summed E-state index contributed by atoms with van der Waals surface area (Å²) in [7, 11) is 0. The number of esters is 1. The van der Waals surface area contributed by atoms with E-state index in [0.29, 0.717) is 24.5 Å². The van der Waals surface area contributed by atoms with Gasteiger partial charge in [-0.2, -0.15) is 0 Å². The number of benzene rings is 1. The molecule has 19 heavy (non-hydrogen) atoms. The van der Waals surface area contributed by atoms with E-state index in [1.54, 1.807) is 17.0 Å². The number of halogens is 1. The molecule has 100 valence electrons.